The molecule has 0 aliphatic rings. The van der Waals surface area contributed by atoms with E-state index in [9.17, 15) is 13.2 Å². The number of rotatable bonds is 4. The molecule has 8 heteroatoms. The lowest BCUT2D eigenvalue weighted by atomic mass is 10.2. The van der Waals surface area contributed by atoms with Crippen molar-refractivity contribution in [2.45, 2.75) is 4.90 Å². The number of hydrogen-bond acceptors (Lipinski definition) is 3. The van der Waals surface area contributed by atoms with Crippen LogP contribution in [0.1, 0.15) is 10.4 Å². The molecule has 2 rings (SSSR count). The quantitative estimate of drug-likeness (QED) is 0.826. The molecule has 0 atom stereocenters. The molecule has 122 valence electrons. The Morgan fingerprint density at radius 1 is 1.17 bits per heavy atom. The van der Waals surface area contributed by atoms with Gasteiger partial charge in [-0.2, -0.15) is 0 Å². The van der Waals surface area contributed by atoms with Crippen molar-refractivity contribution in [2.24, 2.45) is 0 Å². The van der Waals surface area contributed by atoms with Gasteiger partial charge in [-0.25, -0.2) is 12.7 Å². The minimum Gasteiger partial charge on any atom is -0.322 e. The third-order valence-corrected chi connectivity index (χ3v) is 5.68. The summed E-state index contributed by atoms with van der Waals surface area (Å²) >= 11 is 9.35. The molecule has 0 fully saturated rings. The van der Waals surface area contributed by atoms with Crippen LogP contribution in [0.4, 0.5) is 5.69 Å². The van der Waals surface area contributed by atoms with Crippen LogP contribution in [0.15, 0.2) is 51.8 Å². The average Bonchev–Trinajstić information content (AvgIpc) is 2.47. The van der Waals surface area contributed by atoms with E-state index in [2.05, 4.69) is 21.2 Å². The Morgan fingerprint density at radius 3 is 2.48 bits per heavy atom. The third-order valence-electron chi connectivity index (χ3n) is 3.04. The number of amides is 1. The van der Waals surface area contributed by atoms with Gasteiger partial charge in [-0.05, 0) is 36.4 Å². The highest BCUT2D eigenvalue weighted by atomic mass is 79.9. The number of nitrogens with one attached hydrogen (secondary N) is 1. The van der Waals surface area contributed by atoms with Gasteiger partial charge in [0.15, 0.2) is 0 Å². The maximum atomic E-state index is 12.4. The summed E-state index contributed by atoms with van der Waals surface area (Å²) in [6.45, 7) is 0. The Labute approximate surface area is 148 Å². The van der Waals surface area contributed by atoms with Gasteiger partial charge < -0.3 is 5.32 Å². The first kappa shape index (κ1) is 17.9. The van der Waals surface area contributed by atoms with E-state index < -0.39 is 15.9 Å². The van der Waals surface area contributed by atoms with Gasteiger partial charge in [-0.3, -0.25) is 4.79 Å². The van der Waals surface area contributed by atoms with E-state index in [0.29, 0.717) is 5.69 Å². The molecule has 0 spiro atoms. The van der Waals surface area contributed by atoms with Crippen molar-refractivity contribution in [2.75, 3.05) is 19.4 Å². The van der Waals surface area contributed by atoms with Crippen molar-refractivity contribution in [1.29, 1.82) is 0 Å². The van der Waals surface area contributed by atoms with Crippen molar-refractivity contribution in [3.05, 3.63) is 57.5 Å². The zero-order valence-corrected chi connectivity index (χ0v) is 15.5. The molecular formula is C15H14BrClN2O3S. The Morgan fingerprint density at radius 2 is 1.87 bits per heavy atom. The fraction of sp³-hybridized carbons (Fsp3) is 0.133. The summed E-state index contributed by atoms with van der Waals surface area (Å²) < 4.78 is 26.2. The van der Waals surface area contributed by atoms with Crippen LogP contribution < -0.4 is 5.32 Å². The number of carbonyl (C=O) groups is 1. The zero-order valence-electron chi connectivity index (χ0n) is 12.4. The molecule has 0 aromatic heterocycles. The molecule has 1 N–H and O–H groups in total. The number of benzene rings is 2. The molecule has 0 radical (unpaired) electrons. The Hall–Kier alpha value is -1.41. The molecule has 5 nitrogen and oxygen atoms in total. The highest BCUT2D eigenvalue weighted by Gasteiger charge is 2.20. The Balaban J connectivity index is 2.37. The number of hydrogen-bond donors (Lipinski definition) is 1. The first-order chi connectivity index (χ1) is 10.7. The van der Waals surface area contributed by atoms with E-state index in [-0.39, 0.29) is 15.5 Å². The first-order valence-electron chi connectivity index (χ1n) is 6.51. The summed E-state index contributed by atoms with van der Waals surface area (Å²) in [5.74, 6) is -0.482. The SMILES string of the molecule is CN(C)S(=O)(=O)c1ccc(Cl)c(C(=O)Nc2cccc(Br)c2)c1. The van der Waals surface area contributed by atoms with Crippen molar-refractivity contribution >= 4 is 49.1 Å². The molecule has 0 bridgehead atoms. The number of nitrogens with zero attached hydrogens (tertiary/aromatic N) is 1. The molecular weight excluding hydrogens is 404 g/mol. The summed E-state index contributed by atoms with van der Waals surface area (Å²) in [6.07, 6.45) is 0. The van der Waals surface area contributed by atoms with Crippen molar-refractivity contribution in [1.82, 2.24) is 4.31 Å². The number of anilines is 1. The molecule has 1 amide bonds. The Kier molecular flexibility index (Phi) is 5.46. The van der Waals surface area contributed by atoms with Gasteiger partial charge >= 0.3 is 0 Å². The van der Waals surface area contributed by atoms with Gasteiger partial charge in [0.05, 0.1) is 15.5 Å². The third kappa shape index (κ3) is 4.11. The molecule has 0 saturated carbocycles. The van der Waals surface area contributed by atoms with Crippen LogP contribution in [0, 0.1) is 0 Å². The van der Waals surface area contributed by atoms with Gasteiger partial charge in [0.1, 0.15) is 0 Å². The second-order valence-electron chi connectivity index (χ2n) is 4.89. The molecule has 23 heavy (non-hydrogen) atoms. The lowest BCUT2D eigenvalue weighted by Crippen LogP contribution is -2.23. The highest BCUT2D eigenvalue weighted by Crippen LogP contribution is 2.24. The molecule has 0 heterocycles. The smallest absolute Gasteiger partial charge is 0.257 e. The molecule has 0 unspecified atom stereocenters. The second-order valence-corrected chi connectivity index (χ2v) is 8.37. The van der Waals surface area contributed by atoms with E-state index >= 15 is 0 Å². The van der Waals surface area contributed by atoms with E-state index in [0.717, 1.165) is 8.78 Å². The van der Waals surface area contributed by atoms with Crippen molar-refractivity contribution in [3.63, 3.8) is 0 Å². The van der Waals surface area contributed by atoms with Gasteiger partial charge in [-0.1, -0.05) is 33.6 Å². The number of sulfonamides is 1. The van der Waals surface area contributed by atoms with Gasteiger partial charge in [0.2, 0.25) is 10.0 Å². The molecule has 2 aromatic carbocycles. The summed E-state index contributed by atoms with van der Waals surface area (Å²) in [5, 5.41) is 2.86. The summed E-state index contributed by atoms with van der Waals surface area (Å²) in [7, 11) is -0.798. The minimum atomic E-state index is -3.64. The molecule has 2 aromatic rings. The molecule has 0 aliphatic carbocycles. The average molecular weight is 418 g/mol. The van der Waals surface area contributed by atoms with E-state index in [1.807, 2.05) is 6.07 Å². The lowest BCUT2D eigenvalue weighted by molar-refractivity contribution is 0.102. The van der Waals surface area contributed by atoms with Gasteiger partial charge in [0.25, 0.3) is 5.91 Å². The lowest BCUT2D eigenvalue weighted by Gasteiger charge is -2.13. The van der Waals surface area contributed by atoms with Crippen LogP contribution in [-0.2, 0) is 10.0 Å². The predicted molar refractivity (Wildman–Crippen MR) is 94.4 cm³/mol. The van der Waals surface area contributed by atoms with Crippen LogP contribution in [0.25, 0.3) is 0 Å². The fourth-order valence-electron chi connectivity index (χ4n) is 1.81. The second kappa shape index (κ2) is 7.00. The first-order valence-corrected chi connectivity index (χ1v) is 9.12. The van der Waals surface area contributed by atoms with Gasteiger partial charge in [0, 0.05) is 24.3 Å². The van der Waals surface area contributed by atoms with Crippen LogP contribution in [0.2, 0.25) is 5.02 Å². The largest absolute Gasteiger partial charge is 0.322 e. The van der Waals surface area contributed by atoms with E-state index in [1.165, 1.54) is 32.3 Å². The summed E-state index contributed by atoms with van der Waals surface area (Å²) in [6, 6.07) is 11.1. The Bertz CT molecular complexity index is 854. The minimum absolute atomic E-state index is 0.00583. The van der Waals surface area contributed by atoms with E-state index in [4.69, 9.17) is 11.6 Å². The number of carbonyl (C=O) groups excluding carboxylic acids is 1. The standard InChI is InChI=1S/C15H14BrClN2O3S/c1-19(2)23(21,22)12-6-7-14(17)13(9-12)15(20)18-11-5-3-4-10(16)8-11/h3-9H,1-2H3,(H,18,20). The zero-order chi connectivity index (χ0) is 17.2. The predicted octanol–water partition coefficient (Wildman–Crippen LogP) is 3.61. The maximum Gasteiger partial charge on any atom is 0.257 e. The highest BCUT2D eigenvalue weighted by molar-refractivity contribution is 9.10. The topological polar surface area (TPSA) is 66.5 Å². The molecule has 0 saturated heterocycles. The van der Waals surface area contributed by atoms with Crippen molar-refractivity contribution < 1.29 is 13.2 Å². The fourth-order valence-corrected chi connectivity index (χ4v) is 3.35. The number of halogens is 2. The van der Waals surface area contributed by atoms with Crippen molar-refractivity contribution in [3.8, 4) is 0 Å². The van der Waals surface area contributed by atoms with Gasteiger partial charge in [-0.15, -0.1) is 0 Å². The van der Waals surface area contributed by atoms with Crippen LogP contribution in [0.3, 0.4) is 0 Å². The van der Waals surface area contributed by atoms with E-state index in [1.54, 1.807) is 18.2 Å². The molecule has 0 aliphatic heterocycles. The summed E-state index contributed by atoms with van der Waals surface area (Å²) in [5.41, 5.74) is 0.663. The van der Waals surface area contributed by atoms with Crippen LogP contribution >= 0.6 is 27.5 Å². The monoisotopic (exact) mass is 416 g/mol. The summed E-state index contributed by atoms with van der Waals surface area (Å²) in [4.78, 5) is 12.4. The van der Waals surface area contributed by atoms with Crippen LogP contribution in [0.5, 0.6) is 0 Å². The van der Waals surface area contributed by atoms with Crippen LogP contribution in [-0.4, -0.2) is 32.7 Å². The maximum absolute atomic E-state index is 12.4. The normalized spacial score (nSPS) is 11.5.